The van der Waals surface area contributed by atoms with E-state index >= 15 is 0 Å². The van der Waals surface area contributed by atoms with Crippen molar-refractivity contribution in [2.45, 2.75) is 19.0 Å². The number of hydrogen-bond acceptors (Lipinski definition) is 2. The second-order valence-electron chi connectivity index (χ2n) is 4.81. The Hall–Kier alpha value is -1.22. The van der Waals surface area contributed by atoms with Crippen LogP contribution in [0.5, 0.6) is 5.75 Å². The Morgan fingerprint density at radius 1 is 1.05 bits per heavy atom. The van der Waals surface area contributed by atoms with Crippen molar-refractivity contribution in [1.82, 2.24) is 5.32 Å². The second-order valence-corrected chi connectivity index (χ2v) is 5.62. The molecule has 4 heteroatoms. The van der Waals surface area contributed by atoms with E-state index in [-0.39, 0.29) is 6.04 Å². The van der Waals surface area contributed by atoms with E-state index in [4.69, 9.17) is 27.9 Å². The van der Waals surface area contributed by atoms with Gasteiger partial charge in [-0.3, -0.25) is 0 Å². The normalized spacial score (nSPS) is 17.4. The van der Waals surface area contributed by atoms with E-state index in [0.29, 0.717) is 16.6 Å². The lowest BCUT2D eigenvalue weighted by atomic mass is 10.0. The standard InChI is InChI=1S/C16H15Cl2NO/c17-13-5-3-6-14(18)12(13)10-19-15-8-9-20-16-7-2-1-4-11(15)16/h1-7,15,19H,8-10H2. The highest BCUT2D eigenvalue weighted by atomic mass is 35.5. The fraction of sp³-hybridized carbons (Fsp3) is 0.250. The highest BCUT2D eigenvalue weighted by Gasteiger charge is 2.20. The van der Waals surface area contributed by atoms with Crippen molar-refractivity contribution in [2.75, 3.05) is 6.61 Å². The highest BCUT2D eigenvalue weighted by molar-refractivity contribution is 6.35. The third-order valence-electron chi connectivity index (χ3n) is 3.55. The first-order chi connectivity index (χ1) is 9.75. The molecule has 0 aromatic heterocycles. The summed E-state index contributed by atoms with van der Waals surface area (Å²) in [6.07, 6.45) is 0.944. The van der Waals surface area contributed by atoms with Crippen molar-refractivity contribution in [3.63, 3.8) is 0 Å². The van der Waals surface area contributed by atoms with Crippen LogP contribution < -0.4 is 10.1 Å². The minimum Gasteiger partial charge on any atom is -0.493 e. The summed E-state index contributed by atoms with van der Waals surface area (Å²) in [4.78, 5) is 0. The van der Waals surface area contributed by atoms with Gasteiger partial charge in [0, 0.05) is 40.2 Å². The lowest BCUT2D eigenvalue weighted by Crippen LogP contribution is -2.26. The zero-order valence-corrected chi connectivity index (χ0v) is 12.4. The molecule has 1 unspecified atom stereocenters. The average Bonchev–Trinajstić information content (AvgIpc) is 2.47. The van der Waals surface area contributed by atoms with Gasteiger partial charge in [-0.25, -0.2) is 0 Å². The van der Waals surface area contributed by atoms with Crippen LogP contribution in [0.1, 0.15) is 23.6 Å². The van der Waals surface area contributed by atoms with Crippen LogP contribution >= 0.6 is 23.2 Å². The van der Waals surface area contributed by atoms with Crippen molar-refractivity contribution >= 4 is 23.2 Å². The Morgan fingerprint density at radius 2 is 1.80 bits per heavy atom. The second kappa shape index (κ2) is 6.04. The molecule has 0 bridgehead atoms. The smallest absolute Gasteiger partial charge is 0.124 e. The Labute approximate surface area is 128 Å². The van der Waals surface area contributed by atoms with Gasteiger partial charge in [0.25, 0.3) is 0 Å². The molecule has 2 nitrogen and oxygen atoms in total. The summed E-state index contributed by atoms with van der Waals surface area (Å²) in [6, 6.07) is 14.0. The largest absolute Gasteiger partial charge is 0.493 e. The predicted octanol–water partition coefficient (Wildman–Crippen LogP) is 4.61. The van der Waals surface area contributed by atoms with Gasteiger partial charge in [-0.05, 0) is 18.2 Å². The molecular formula is C16H15Cl2NO. The van der Waals surface area contributed by atoms with Crippen LogP contribution in [0, 0.1) is 0 Å². The molecule has 3 rings (SSSR count). The van der Waals surface area contributed by atoms with Crippen LogP contribution in [0.15, 0.2) is 42.5 Å². The summed E-state index contributed by atoms with van der Waals surface area (Å²) >= 11 is 12.4. The topological polar surface area (TPSA) is 21.3 Å². The number of hydrogen-bond donors (Lipinski definition) is 1. The van der Waals surface area contributed by atoms with E-state index in [1.165, 1.54) is 5.56 Å². The maximum absolute atomic E-state index is 6.20. The maximum Gasteiger partial charge on any atom is 0.124 e. The molecule has 0 amide bonds. The Morgan fingerprint density at radius 3 is 2.60 bits per heavy atom. The van der Waals surface area contributed by atoms with Gasteiger partial charge in [0.15, 0.2) is 0 Å². The third kappa shape index (κ3) is 2.78. The summed E-state index contributed by atoms with van der Waals surface area (Å²) in [5.74, 6) is 0.960. The molecule has 1 heterocycles. The van der Waals surface area contributed by atoms with Crippen LogP contribution in [-0.2, 0) is 6.54 Å². The average molecular weight is 308 g/mol. The molecule has 2 aromatic carbocycles. The van der Waals surface area contributed by atoms with Gasteiger partial charge in [-0.1, -0.05) is 47.5 Å². The van der Waals surface area contributed by atoms with Crippen LogP contribution in [0.3, 0.4) is 0 Å². The highest BCUT2D eigenvalue weighted by Crippen LogP contribution is 2.32. The van der Waals surface area contributed by atoms with Crippen LogP contribution in [-0.4, -0.2) is 6.61 Å². The van der Waals surface area contributed by atoms with Gasteiger partial charge in [0.05, 0.1) is 6.61 Å². The van der Waals surface area contributed by atoms with Gasteiger partial charge in [-0.2, -0.15) is 0 Å². The van der Waals surface area contributed by atoms with E-state index in [0.717, 1.165) is 24.3 Å². The van der Waals surface area contributed by atoms with E-state index in [1.807, 2.05) is 36.4 Å². The number of benzene rings is 2. The molecule has 0 saturated carbocycles. The molecule has 0 radical (unpaired) electrons. The van der Waals surface area contributed by atoms with Crippen molar-refractivity contribution in [1.29, 1.82) is 0 Å². The lowest BCUT2D eigenvalue weighted by Gasteiger charge is -2.27. The molecule has 1 aliphatic heterocycles. The Kier molecular flexibility index (Phi) is 4.16. The Balaban J connectivity index is 1.77. The summed E-state index contributed by atoms with van der Waals surface area (Å²) in [6.45, 7) is 1.38. The molecule has 104 valence electrons. The molecule has 0 fully saturated rings. The molecule has 0 aliphatic carbocycles. The molecule has 1 aliphatic rings. The summed E-state index contributed by atoms with van der Waals surface area (Å²) in [5, 5.41) is 4.93. The quantitative estimate of drug-likeness (QED) is 0.894. The molecule has 1 atom stereocenters. The van der Waals surface area contributed by atoms with Gasteiger partial charge in [-0.15, -0.1) is 0 Å². The van der Waals surface area contributed by atoms with Crippen molar-refractivity contribution in [3.8, 4) is 5.75 Å². The monoisotopic (exact) mass is 307 g/mol. The van der Waals surface area contributed by atoms with E-state index < -0.39 is 0 Å². The van der Waals surface area contributed by atoms with Crippen LogP contribution in [0.25, 0.3) is 0 Å². The first kappa shape index (κ1) is 13.7. The van der Waals surface area contributed by atoms with Crippen molar-refractivity contribution in [3.05, 3.63) is 63.6 Å². The third-order valence-corrected chi connectivity index (χ3v) is 4.25. The number of nitrogens with one attached hydrogen (secondary N) is 1. The fourth-order valence-electron chi connectivity index (χ4n) is 2.48. The summed E-state index contributed by atoms with van der Waals surface area (Å²) in [5.41, 5.74) is 2.14. The molecular weight excluding hydrogens is 293 g/mol. The zero-order valence-electron chi connectivity index (χ0n) is 10.9. The number of ether oxygens (including phenoxy) is 1. The van der Waals surface area contributed by atoms with Gasteiger partial charge in [0.1, 0.15) is 5.75 Å². The Bertz CT molecular complexity index is 595. The molecule has 2 aromatic rings. The SMILES string of the molecule is Clc1cccc(Cl)c1CNC1CCOc2ccccc21. The first-order valence-corrected chi connectivity index (χ1v) is 7.39. The van der Waals surface area contributed by atoms with Gasteiger partial charge < -0.3 is 10.1 Å². The predicted molar refractivity (Wildman–Crippen MR) is 82.6 cm³/mol. The number of rotatable bonds is 3. The van der Waals surface area contributed by atoms with E-state index in [9.17, 15) is 0 Å². The minimum atomic E-state index is 0.271. The number of fused-ring (bicyclic) bond motifs is 1. The van der Waals surface area contributed by atoms with Crippen LogP contribution in [0.4, 0.5) is 0 Å². The summed E-state index contributed by atoms with van der Waals surface area (Å²) < 4.78 is 5.66. The fourth-order valence-corrected chi connectivity index (χ4v) is 3.01. The summed E-state index contributed by atoms with van der Waals surface area (Å²) in [7, 11) is 0. The van der Waals surface area contributed by atoms with Gasteiger partial charge >= 0.3 is 0 Å². The number of halogens is 2. The van der Waals surface area contributed by atoms with Crippen molar-refractivity contribution < 1.29 is 4.74 Å². The maximum atomic E-state index is 6.20. The zero-order chi connectivity index (χ0) is 13.9. The molecule has 0 saturated heterocycles. The van der Waals surface area contributed by atoms with E-state index in [2.05, 4.69) is 11.4 Å². The molecule has 20 heavy (non-hydrogen) atoms. The van der Waals surface area contributed by atoms with Crippen molar-refractivity contribution in [2.24, 2.45) is 0 Å². The lowest BCUT2D eigenvalue weighted by molar-refractivity contribution is 0.252. The van der Waals surface area contributed by atoms with Gasteiger partial charge in [0.2, 0.25) is 0 Å². The first-order valence-electron chi connectivity index (χ1n) is 6.63. The minimum absolute atomic E-state index is 0.271. The molecule has 1 N–H and O–H groups in total. The molecule has 0 spiro atoms. The van der Waals surface area contributed by atoms with Crippen LogP contribution in [0.2, 0.25) is 10.0 Å². The van der Waals surface area contributed by atoms with E-state index in [1.54, 1.807) is 0 Å². The number of para-hydroxylation sites is 1.